The lowest BCUT2D eigenvalue weighted by Gasteiger charge is -2.20. The number of aromatic hydroxyl groups is 1. The van der Waals surface area contributed by atoms with Crippen LogP contribution in [0, 0.1) is 0 Å². The molecule has 0 bridgehead atoms. The standard InChI is InChI=1S/C11H12F3NO/c12-11(13,14)7-2-1-3-8(16)9(7)10(6-15)4-5-10/h1-3,16H,4-6,15H2. The largest absolute Gasteiger partial charge is 0.508 e. The van der Waals surface area contributed by atoms with Crippen LogP contribution in [0.25, 0.3) is 0 Å². The Morgan fingerprint density at radius 3 is 2.38 bits per heavy atom. The zero-order valence-corrected chi connectivity index (χ0v) is 8.51. The van der Waals surface area contributed by atoms with Gasteiger partial charge in [-0.25, -0.2) is 0 Å². The van der Waals surface area contributed by atoms with Gasteiger partial charge in [-0.1, -0.05) is 6.07 Å². The van der Waals surface area contributed by atoms with Crippen molar-refractivity contribution >= 4 is 0 Å². The van der Waals surface area contributed by atoms with Gasteiger partial charge in [-0.2, -0.15) is 13.2 Å². The molecule has 5 heteroatoms. The van der Waals surface area contributed by atoms with Crippen molar-refractivity contribution < 1.29 is 18.3 Å². The summed E-state index contributed by atoms with van der Waals surface area (Å²) in [5, 5.41) is 9.61. The van der Waals surface area contributed by atoms with E-state index < -0.39 is 17.2 Å². The lowest BCUT2D eigenvalue weighted by Crippen LogP contribution is -2.24. The Bertz CT molecular complexity index is 410. The molecule has 16 heavy (non-hydrogen) atoms. The van der Waals surface area contributed by atoms with Crippen molar-refractivity contribution in [2.24, 2.45) is 5.73 Å². The second-order valence-corrected chi connectivity index (χ2v) is 4.18. The van der Waals surface area contributed by atoms with Crippen LogP contribution >= 0.6 is 0 Å². The first kappa shape index (κ1) is 11.3. The number of rotatable bonds is 2. The molecule has 88 valence electrons. The van der Waals surface area contributed by atoms with E-state index >= 15 is 0 Å². The molecule has 1 saturated carbocycles. The summed E-state index contributed by atoms with van der Waals surface area (Å²) in [6.45, 7) is 0.133. The Morgan fingerprint density at radius 2 is 1.94 bits per heavy atom. The first-order valence-electron chi connectivity index (χ1n) is 5.00. The number of phenols is 1. The molecular formula is C11H12F3NO. The molecule has 1 aliphatic rings. The van der Waals surface area contributed by atoms with E-state index in [1.165, 1.54) is 12.1 Å². The highest BCUT2D eigenvalue weighted by atomic mass is 19.4. The molecular weight excluding hydrogens is 219 g/mol. The van der Waals surface area contributed by atoms with Crippen molar-refractivity contribution in [1.29, 1.82) is 0 Å². The fourth-order valence-electron chi connectivity index (χ4n) is 2.04. The van der Waals surface area contributed by atoms with Crippen LogP contribution in [0.3, 0.4) is 0 Å². The maximum atomic E-state index is 12.8. The molecule has 0 unspecified atom stereocenters. The zero-order chi connectivity index (χ0) is 12.0. The number of nitrogens with two attached hydrogens (primary N) is 1. The Labute approximate surface area is 90.9 Å². The van der Waals surface area contributed by atoms with Crippen molar-refractivity contribution in [3.05, 3.63) is 29.3 Å². The number of hydrogen-bond donors (Lipinski definition) is 2. The summed E-state index contributed by atoms with van der Waals surface area (Å²) in [5.41, 5.74) is 4.03. The molecule has 0 saturated heterocycles. The number of hydrogen-bond acceptors (Lipinski definition) is 2. The van der Waals surface area contributed by atoms with Gasteiger partial charge in [-0.05, 0) is 25.0 Å². The number of alkyl halides is 3. The monoisotopic (exact) mass is 231 g/mol. The van der Waals surface area contributed by atoms with Crippen LogP contribution in [0.5, 0.6) is 5.75 Å². The van der Waals surface area contributed by atoms with Crippen LogP contribution < -0.4 is 5.73 Å². The quantitative estimate of drug-likeness (QED) is 0.821. The van der Waals surface area contributed by atoms with Gasteiger partial charge in [-0.3, -0.25) is 0 Å². The van der Waals surface area contributed by atoms with Crippen LogP contribution in [0.15, 0.2) is 18.2 Å². The molecule has 2 nitrogen and oxygen atoms in total. The van der Waals surface area contributed by atoms with Gasteiger partial charge in [-0.15, -0.1) is 0 Å². The minimum Gasteiger partial charge on any atom is -0.508 e. The molecule has 1 aromatic rings. The van der Waals surface area contributed by atoms with Crippen molar-refractivity contribution in [3.63, 3.8) is 0 Å². The SMILES string of the molecule is NCC1(c2c(O)cccc2C(F)(F)F)CC1. The Balaban J connectivity index is 2.59. The van der Waals surface area contributed by atoms with Gasteiger partial charge in [0.25, 0.3) is 0 Å². The van der Waals surface area contributed by atoms with Gasteiger partial charge >= 0.3 is 6.18 Å². The molecule has 0 spiro atoms. The van der Waals surface area contributed by atoms with Gasteiger partial charge in [0, 0.05) is 17.5 Å². The average Bonchev–Trinajstić information content (AvgIpc) is 2.96. The summed E-state index contributed by atoms with van der Waals surface area (Å²) in [6.07, 6.45) is -3.24. The number of benzene rings is 1. The Hall–Kier alpha value is -1.23. The smallest absolute Gasteiger partial charge is 0.416 e. The molecule has 0 amide bonds. The van der Waals surface area contributed by atoms with Crippen LogP contribution in [0.1, 0.15) is 24.0 Å². The van der Waals surface area contributed by atoms with E-state index in [1.807, 2.05) is 0 Å². The first-order valence-corrected chi connectivity index (χ1v) is 5.00. The van der Waals surface area contributed by atoms with E-state index in [1.54, 1.807) is 0 Å². The molecule has 1 aromatic carbocycles. The third-order valence-electron chi connectivity index (χ3n) is 3.12. The average molecular weight is 231 g/mol. The minimum absolute atomic E-state index is 0.0370. The van der Waals surface area contributed by atoms with Crippen molar-refractivity contribution in [2.75, 3.05) is 6.54 Å². The number of halogens is 3. The predicted octanol–water partition coefficient (Wildman–Crippen LogP) is 2.40. The molecule has 1 aliphatic carbocycles. The van der Waals surface area contributed by atoms with Crippen LogP contribution in [0.4, 0.5) is 13.2 Å². The molecule has 2 rings (SSSR count). The Kier molecular flexibility index (Phi) is 2.38. The number of phenolic OH excluding ortho intramolecular Hbond substituents is 1. The van der Waals surface area contributed by atoms with Crippen molar-refractivity contribution in [1.82, 2.24) is 0 Å². The third kappa shape index (κ3) is 1.65. The molecule has 0 aromatic heterocycles. The second kappa shape index (κ2) is 3.38. The highest BCUT2D eigenvalue weighted by Gasteiger charge is 2.49. The lowest BCUT2D eigenvalue weighted by atomic mass is 9.90. The van der Waals surface area contributed by atoms with E-state index in [2.05, 4.69) is 0 Å². The molecule has 0 radical (unpaired) electrons. The predicted molar refractivity (Wildman–Crippen MR) is 53.1 cm³/mol. The summed E-state index contributed by atoms with van der Waals surface area (Å²) >= 11 is 0. The van der Waals surface area contributed by atoms with Crippen LogP contribution in [-0.2, 0) is 11.6 Å². The molecule has 0 atom stereocenters. The summed E-state index contributed by atoms with van der Waals surface area (Å²) in [4.78, 5) is 0. The van der Waals surface area contributed by atoms with E-state index in [9.17, 15) is 18.3 Å². The topological polar surface area (TPSA) is 46.2 Å². The fraction of sp³-hybridized carbons (Fsp3) is 0.455. The zero-order valence-electron chi connectivity index (χ0n) is 8.51. The van der Waals surface area contributed by atoms with Gasteiger partial charge in [0.05, 0.1) is 5.56 Å². The van der Waals surface area contributed by atoms with E-state index in [-0.39, 0.29) is 17.9 Å². The van der Waals surface area contributed by atoms with Gasteiger partial charge in [0.1, 0.15) is 5.75 Å². The van der Waals surface area contributed by atoms with E-state index in [0.717, 1.165) is 6.07 Å². The van der Waals surface area contributed by atoms with E-state index in [0.29, 0.717) is 12.8 Å². The summed E-state index contributed by atoms with van der Waals surface area (Å²) in [5.74, 6) is -0.308. The van der Waals surface area contributed by atoms with Gasteiger partial charge < -0.3 is 10.8 Å². The second-order valence-electron chi connectivity index (χ2n) is 4.18. The van der Waals surface area contributed by atoms with Gasteiger partial charge in [0.2, 0.25) is 0 Å². The maximum Gasteiger partial charge on any atom is 0.416 e. The van der Waals surface area contributed by atoms with Crippen molar-refractivity contribution in [3.8, 4) is 5.75 Å². The molecule has 3 N–H and O–H groups in total. The highest BCUT2D eigenvalue weighted by molar-refractivity contribution is 5.49. The maximum absolute atomic E-state index is 12.8. The van der Waals surface area contributed by atoms with Crippen LogP contribution in [-0.4, -0.2) is 11.7 Å². The summed E-state index contributed by atoms with van der Waals surface area (Å²) in [6, 6.07) is 3.47. The molecule has 0 aliphatic heterocycles. The highest BCUT2D eigenvalue weighted by Crippen LogP contribution is 2.53. The molecule has 1 fully saturated rings. The minimum atomic E-state index is -4.45. The normalized spacial score (nSPS) is 18.5. The first-order chi connectivity index (χ1) is 7.41. The van der Waals surface area contributed by atoms with Gasteiger partial charge in [0.15, 0.2) is 0 Å². The lowest BCUT2D eigenvalue weighted by molar-refractivity contribution is -0.138. The van der Waals surface area contributed by atoms with Crippen LogP contribution in [0.2, 0.25) is 0 Å². The molecule has 0 heterocycles. The fourth-order valence-corrected chi connectivity index (χ4v) is 2.04. The summed E-state index contributed by atoms with van der Waals surface area (Å²) in [7, 11) is 0. The van der Waals surface area contributed by atoms with E-state index in [4.69, 9.17) is 5.73 Å². The van der Waals surface area contributed by atoms with Crippen molar-refractivity contribution in [2.45, 2.75) is 24.4 Å². The Morgan fingerprint density at radius 1 is 1.31 bits per heavy atom. The summed E-state index contributed by atoms with van der Waals surface area (Å²) < 4.78 is 38.3. The third-order valence-corrected chi connectivity index (χ3v) is 3.12.